The lowest BCUT2D eigenvalue weighted by Gasteiger charge is -2.62. The third-order valence-corrected chi connectivity index (χ3v) is 8.08. The zero-order valence-electron chi connectivity index (χ0n) is 17.9. The summed E-state index contributed by atoms with van der Waals surface area (Å²) in [5.41, 5.74) is 1.15. The normalized spacial score (nSPS) is 26.1. The first-order valence-electron chi connectivity index (χ1n) is 10.5. The largest absolute Gasteiger partial charge is 0.380 e. The van der Waals surface area contributed by atoms with Gasteiger partial charge in [0.05, 0.1) is 18.4 Å². The molecule has 5 rings (SSSR count). The number of halogens is 2. The molecule has 166 valence electrons. The van der Waals surface area contributed by atoms with Gasteiger partial charge in [0.15, 0.2) is 6.67 Å². The fourth-order valence-electron chi connectivity index (χ4n) is 5.23. The van der Waals surface area contributed by atoms with Crippen LogP contribution in [0.5, 0.6) is 0 Å². The SMILES string of the molecule is C[C@@H]1[C@H]2C[C@@H](C[C@H]1Nc1cnn(N(Cc3ccncc3)C(=O)CF)c(=O)c1Br)C2(C)C. The molecule has 3 aliphatic rings. The van der Waals surface area contributed by atoms with Crippen LogP contribution in [0.15, 0.2) is 40.0 Å². The van der Waals surface area contributed by atoms with Crippen LogP contribution in [0.2, 0.25) is 0 Å². The average Bonchev–Trinajstić information content (AvgIpc) is 2.76. The molecule has 2 heterocycles. The third-order valence-electron chi connectivity index (χ3n) is 7.31. The molecule has 1 amide bonds. The van der Waals surface area contributed by atoms with Crippen LogP contribution in [0, 0.1) is 23.2 Å². The van der Waals surface area contributed by atoms with Gasteiger partial charge in [0.1, 0.15) is 4.47 Å². The summed E-state index contributed by atoms with van der Waals surface area (Å²) < 4.78 is 13.5. The first kappa shape index (κ1) is 21.9. The molecule has 9 heteroatoms. The Kier molecular flexibility index (Phi) is 5.89. The fourth-order valence-corrected chi connectivity index (χ4v) is 5.60. The van der Waals surface area contributed by atoms with E-state index in [2.05, 4.69) is 52.1 Å². The highest BCUT2D eigenvalue weighted by molar-refractivity contribution is 9.10. The lowest BCUT2D eigenvalue weighted by Crippen LogP contribution is -2.58. The molecule has 2 bridgehead atoms. The highest BCUT2D eigenvalue weighted by atomic mass is 79.9. The van der Waals surface area contributed by atoms with Gasteiger partial charge in [-0.1, -0.05) is 20.8 Å². The number of alkyl halides is 1. The number of fused-ring (bicyclic) bond motifs is 2. The molecule has 0 unspecified atom stereocenters. The van der Waals surface area contributed by atoms with E-state index < -0.39 is 18.1 Å². The first-order chi connectivity index (χ1) is 14.7. The molecule has 0 spiro atoms. The topological polar surface area (TPSA) is 80.1 Å². The van der Waals surface area contributed by atoms with E-state index in [9.17, 15) is 14.0 Å². The Bertz CT molecular complexity index is 1030. The second-order valence-electron chi connectivity index (χ2n) is 9.21. The molecule has 4 atom stereocenters. The smallest absolute Gasteiger partial charge is 0.302 e. The minimum absolute atomic E-state index is 0.00942. The van der Waals surface area contributed by atoms with Gasteiger partial charge in [-0.25, -0.2) is 9.40 Å². The van der Waals surface area contributed by atoms with Gasteiger partial charge >= 0.3 is 5.56 Å². The Morgan fingerprint density at radius 3 is 2.68 bits per heavy atom. The molecule has 7 nitrogen and oxygen atoms in total. The molecule has 0 saturated heterocycles. The molecule has 0 aliphatic heterocycles. The Hall–Kier alpha value is -2.29. The van der Waals surface area contributed by atoms with E-state index in [0.717, 1.165) is 16.2 Å². The van der Waals surface area contributed by atoms with Gasteiger partial charge in [-0.2, -0.15) is 5.10 Å². The number of hydrogen-bond donors (Lipinski definition) is 1. The lowest BCUT2D eigenvalue weighted by atomic mass is 9.45. The van der Waals surface area contributed by atoms with Crippen molar-refractivity contribution in [2.75, 3.05) is 17.0 Å². The van der Waals surface area contributed by atoms with Crippen LogP contribution in [-0.2, 0) is 11.3 Å². The van der Waals surface area contributed by atoms with Crippen LogP contribution in [0.3, 0.4) is 0 Å². The van der Waals surface area contributed by atoms with Gasteiger partial charge in [0.25, 0.3) is 5.91 Å². The fraction of sp³-hybridized carbons (Fsp3) is 0.545. The second-order valence-corrected chi connectivity index (χ2v) is 10.0. The Morgan fingerprint density at radius 2 is 2.06 bits per heavy atom. The van der Waals surface area contributed by atoms with Crippen molar-refractivity contribution in [3.63, 3.8) is 0 Å². The van der Waals surface area contributed by atoms with E-state index in [0.29, 0.717) is 34.4 Å². The Balaban J connectivity index is 1.58. The molecule has 1 N–H and O–H groups in total. The Labute approximate surface area is 189 Å². The second kappa shape index (κ2) is 8.33. The number of carbonyl (C=O) groups is 1. The predicted molar refractivity (Wildman–Crippen MR) is 120 cm³/mol. The van der Waals surface area contributed by atoms with Crippen LogP contribution in [-0.4, -0.2) is 33.5 Å². The van der Waals surface area contributed by atoms with Gasteiger partial charge in [-0.15, -0.1) is 4.79 Å². The maximum Gasteiger partial charge on any atom is 0.302 e. The number of nitrogens with zero attached hydrogens (tertiary/aromatic N) is 4. The number of aromatic nitrogens is 3. The molecule has 0 aromatic carbocycles. The standard InChI is InChI=1S/C22H27BrFN5O2/c1-13-16-8-15(22(16,2)3)9-17(13)27-18-11-26-29(21(31)20(18)23)28(19(30)10-24)12-14-4-6-25-7-5-14/h4-7,11,13,15-17,27H,8-10,12H2,1-3H3/t13-,15+,16-,17-/m1/s1. The highest BCUT2D eigenvalue weighted by Gasteiger charge is 2.56. The lowest BCUT2D eigenvalue weighted by molar-refractivity contribution is -0.121. The van der Waals surface area contributed by atoms with Crippen molar-refractivity contribution in [2.45, 2.75) is 46.2 Å². The summed E-state index contributed by atoms with van der Waals surface area (Å²) >= 11 is 3.37. The zero-order chi connectivity index (χ0) is 22.3. The number of carbonyl (C=O) groups excluding carboxylic acids is 1. The summed E-state index contributed by atoms with van der Waals surface area (Å²) in [5.74, 6) is 0.970. The third kappa shape index (κ3) is 3.88. The maximum absolute atomic E-state index is 13.2. The molecule has 3 aliphatic carbocycles. The number of pyridine rings is 1. The number of anilines is 1. The van der Waals surface area contributed by atoms with Crippen molar-refractivity contribution in [3.05, 3.63) is 51.1 Å². The van der Waals surface area contributed by atoms with E-state index in [-0.39, 0.29) is 17.1 Å². The molecule has 3 saturated carbocycles. The molecule has 0 radical (unpaired) electrons. The number of hydrogen-bond acceptors (Lipinski definition) is 5. The van der Waals surface area contributed by atoms with Gasteiger partial charge < -0.3 is 5.32 Å². The highest BCUT2D eigenvalue weighted by Crippen LogP contribution is 2.61. The van der Waals surface area contributed by atoms with Crippen molar-refractivity contribution in [1.29, 1.82) is 0 Å². The summed E-state index contributed by atoms with van der Waals surface area (Å²) in [7, 11) is 0. The zero-order valence-corrected chi connectivity index (χ0v) is 19.5. The molecular formula is C22H27BrFN5O2. The first-order valence-corrected chi connectivity index (χ1v) is 11.3. The summed E-state index contributed by atoms with van der Waals surface area (Å²) in [6.07, 6.45) is 6.99. The minimum Gasteiger partial charge on any atom is -0.380 e. The van der Waals surface area contributed by atoms with Gasteiger partial charge in [0, 0.05) is 18.4 Å². The van der Waals surface area contributed by atoms with E-state index in [1.54, 1.807) is 24.5 Å². The number of nitrogens with one attached hydrogen (secondary N) is 1. The summed E-state index contributed by atoms with van der Waals surface area (Å²) in [6.45, 7) is 5.73. The van der Waals surface area contributed by atoms with E-state index >= 15 is 0 Å². The summed E-state index contributed by atoms with van der Waals surface area (Å²) in [5, 5.41) is 8.68. The maximum atomic E-state index is 13.2. The molecule has 2 aromatic rings. The van der Waals surface area contributed by atoms with Crippen molar-refractivity contribution in [2.24, 2.45) is 23.2 Å². The van der Waals surface area contributed by atoms with Crippen LogP contribution in [0.4, 0.5) is 10.1 Å². The van der Waals surface area contributed by atoms with Crippen molar-refractivity contribution < 1.29 is 9.18 Å². The summed E-state index contributed by atoms with van der Waals surface area (Å²) in [6, 6.07) is 3.66. The van der Waals surface area contributed by atoms with Gasteiger partial charge in [-0.05, 0) is 69.6 Å². The quantitative estimate of drug-likeness (QED) is 0.668. The van der Waals surface area contributed by atoms with Gasteiger partial charge in [-0.3, -0.25) is 14.6 Å². The monoisotopic (exact) mass is 491 g/mol. The van der Waals surface area contributed by atoms with Crippen LogP contribution >= 0.6 is 15.9 Å². The minimum atomic E-state index is -1.23. The predicted octanol–water partition coefficient (Wildman–Crippen LogP) is 3.52. The molecule has 31 heavy (non-hydrogen) atoms. The molecule has 2 aromatic heterocycles. The summed E-state index contributed by atoms with van der Waals surface area (Å²) in [4.78, 5) is 30.1. The molecular weight excluding hydrogens is 465 g/mol. The van der Waals surface area contributed by atoms with Crippen LogP contribution in [0.1, 0.15) is 39.2 Å². The average molecular weight is 492 g/mol. The van der Waals surface area contributed by atoms with Crippen molar-refractivity contribution in [1.82, 2.24) is 14.9 Å². The van der Waals surface area contributed by atoms with Gasteiger partial charge in [0.2, 0.25) is 0 Å². The molecule has 3 fully saturated rings. The van der Waals surface area contributed by atoms with E-state index in [4.69, 9.17) is 0 Å². The van der Waals surface area contributed by atoms with Crippen LogP contribution < -0.4 is 15.9 Å². The van der Waals surface area contributed by atoms with Crippen molar-refractivity contribution in [3.8, 4) is 0 Å². The van der Waals surface area contributed by atoms with E-state index in [1.165, 1.54) is 12.6 Å². The number of rotatable bonds is 6. The van der Waals surface area contributed by atoms with Crippen LogP contribution in [0.25, 0.3) is 0 Å². The number of amides is 1. The van der Waals surface area contributed by atoms with Crippen molar-refractivity contribution >= 4 is 27.5 Å². The Morgan fingerprint density at radius 1 is 1.35 bits per heavy atom. The van der Waals surface area contributed by atoms with E-state index in [1.807, 2.05) is 0 Å².